The molecule has 3 aliphatic carbocycles. The number of fused-ring (bicyclic) bond motifs is 1. The predicted octanol–water partition coefficient (Wildman–Crippen LogP) is 3.01. The first-order chi connectivity index (χ1) is 22.9. The number of carbonyl (C=O) groups excluding carboxylic acids is 5. The van der Waals surface area contributed by atoms with Crippen molar-refractivity contribution < 1.29 is 32.4 Å². The largest absolute Gasteiger partial charge is 0.346 e. The highest BCUT2D eigenvalue weighted by atomic mass is 32.2. The molecular weight excluding hydrogens is 646 g/mol. The van der Waals surface area contributed by atoms with Crippen molar-refractivity contribution >= 4 is 39.4 Å². The van der Waals surface area contributed by atoms with Crippen molar-refractivity contribution in [3.8, 4) is 0 Å². The van der Waals surface area contributed by atoms with Crippen LogP contribution in [-0.4, -0.2) is 90.6 Å². The number of hydrogen-bond acceptors (Lipinski definition) is 7. The first-order valence-corrected chi connectivity index (χ1v) is 20.0. The van der Waals surface area contributed by atoms with Gasteiger partial charge in [0.05, 0.1) is 22.6 Å². The molecule has 0 aromatic rings. The number of carbonyl (C=O) groups is 5. The topological polar surface area (TPSA) is 171 Å². The first kappa shape index (κ1) is 37.3. The molecule has 13 heteroatoms. The lowest BCUT2D eigenvalue weighted by Crippen LogP contribution is -2.66. The number of likely N-dealkylation sites (tertiary alicyclic amines) is 1. The van der Waals surface area contributed by atoms with Crippen LogP contribution in [0.2, 0.25) is 0 Å². The average molecular weight is 704 g/mol. The van der Waals surface area contributed by atoms with Gasteiger partial charge in [0.15, 0.2) is 9.84 Å². The first-order valence-electron chi connectivity index (χ1n) is 18.3. The van der Waals surface area contributed by atoms with E-state index in [1.54, 1.807) is 4.90 Å². The number of piperidine rings is 1. The number of rotatable bonds is 12. The molecule has 2 saturated heterocycles. The van der Waals surface area contributed by atoms with E-state index in [1.807, 2.05) is 20.8 Å². The summed E-state index contributed by atoms with van der Waals surface area (Å²) >= 11 is 0. The summed E-state index contributed by atoms with van der Waals surface area (Å²) in [6.45, 7) is 13.7. The van der Waals surface area contributed by atoms with E-state index < -0.39 is 73.7 Å². The van der Waals surface area contributed by atoms with E-state index in [4.69, 9.17) is 0 Å². The SMILES string of the molecule is C=CCNC(=O)C(=O)[C@H](CC1CC1)NC(=O)[C@@H]1[C@@H]2[C@H](CN1C(=O)[C@@H](NC(=O)NC1([C@H]3CCCCS3(=O)=O)CCCCC1)C(C)(C)C)C2(C)C. The Kier molecular flexibility index (Phi) is 10.6. The Morgan fingerprint density at radius 3 is 2.22 bits per heavy atom. The second kappa shape index (κ2) is 14.0. The van der Waals surface area contributed by atoms with Crippen molar-refractivity contribution in [3.05, 3.63) is 12.7 Å². The van der Waals surface area contributed by atoms with Gasteiger partial charge in [0.2, 0.25) is 17.6 Å². The molecule has 5 aliphatic rings. The van der Waals surface area contributed by atoms with Gasteiger partial charge in [-0.1, -0.05) is 79.2 Å². The Hall–Kier alpha value is -2.96. The molecule has 0 spiro atoms. The van der Waals surface area contributed by atoms with Gasteiger partial charge in [0.1, 0.15) is 12.1 Å². The number of urea groups is 1. The van der Waals surface area contributed by atoms with Crippen molar-refractivity contribution in [2.24, 2.45) is 28.6 Å². The number of sulfone groups is 1. The molecule has 5 rings (SSSR count). The number of nitrogens with one attached hydrogen (secondary N) is 4. The highest BCUT2D eigenvalue weighted by Crippen LogP contribution is 2.65. The van der Waals surface area contributed by atoms with E-state index in [0.29, 0.717) is 38.6 Å². The van der Waals surface area contributed by atoms with Crippen LogP contribution in [0.25, 0.3) is 0 Å². The molecule has 274 valence electrons. The lowest BCUT2D eigenvalue weighted by atomic mass is 9.77. The van der Waals surface area contributed by atoms with Crippen molar-refractivity contribution in [2.75, 3.05) is 18.8 Å². The monoisotopic (exact) mass is 703 g/mol. The Morgan fingerprint density at radius 1 is 0.959 bits per heavy atom. The molecule has 5 fully saturated rings. The fraction of sp³-hybridized carbons (Fsp3) is 0.806. The summed E-state index contributed by atoms with van der Waals surface area (Å²) in [5, 5.41) is 10.7. The molecule has 0 bridgehead atoms. The highest BCUT2D eigenvalue weighted by molar-refractivity contribution is 7.92. The lowest BCUT2D eigenvalue weighted by molar-refractivity contribution is -0.145. The van der Waals surface area contributed by atoms with Crippen LogP contribution in [-0.2, 0) is 29.0 Å². The highest BCUT2D eigenvalue weighted by Gasteiger charge is 2.70. The molecule has 0 radical (unpaired) electrons. The van der Waals surface area contributed by atoms with Gasteiger partial charge < -0.3 is 26.2 Å². The average Bonchev–Trinajstić information content (AvgIpc) is 3.88. The normalized spacial score (nSPS) is 29.4. The maximum absolute atomic E-state index is 14.5. The van der Waals surface area contributed by atoms with Crippen LogP contribution in [0.5, 0.6) is 0 Å². The van der Waals surface area contributed by atoms with E-state index >= 15 is 0 Å². The number of amides is 5. The molecule has 0 aromatic heterocycles. The van der Waals surface area contributed by atoms with Gasteiger partial charge in [0, 0.05) is 13.1 Å². The number of ketones is 1. The Morgan fingerprint density at radius 2 is 1.63 bits per heavy atom. The van der Waals surface area contributed by atoms with Crippen molar-refractivity contribution in [3.63, 3.8) is 0 Å². The Bertz CT molecular complexity index is 1440. The van der Waals surface area contributed by atoms with Crippen LogP contribution < -0.4 is 21.3 Å². The maximum Gasteiger partial charge on any atom is 0.315 e. The third kappa shape index (κ3) is 7.86. The van der Waals surface area contributed by atoms with Crippen LogP contribution >= 0.6 is 0 Å². The summed E-state index contributed by atoms with van der Waals surface area (Å²) in [5.41, 5.74) is -1.84. The fourth-order valence-electron chi connectivity index (χ4n) is 8.89. The Labute approximate surface area is 291 Å². The molecule has 6 atom stereocenters. The molecule has 0 unspecified atom stereocenters. The molecule has 12 nitrogen and oxygen atoms in total. The van der Waals surface area contributed by atoms with Crippen LogP contribution in [0.3, 0.4) is 0 Å². The van der Waals surface area contributed by atoms with E-state index in [-0.39, 0.29) is 35.5 Å². The molecule has 2 heterocycles. The molecular formula is C36H57N5O7S. The minimum atomic E-state index is -3.39. The minimum absolute atomic E-state index is 0.0668. The van der Waals surface area contributed by atoms with Crippen LogP contribution in [0.4, 0.5) is 4.79 Å². The van der Waals surface area contributed by atoms with Gasteiger partial charge >= 0.3 is 6.03 Å². The third-order valence-corrected chi connectivity index (χ3v) is 14.4. The van der Waals surface area contributed by atoms with Gasteiger partial charge in [-0.05, 0) is 60.7 Å². The molecule has 2 aliphatic heterocycles. The van der Waals surface area contributed by atoms with Crippen LogP contribution in [0, 0.1) is 28.6 Å². The maximum atomic E-state index is 14.5. The summed E-state index contributed by atoms with van der Waals surface area (Å²) in [5.74, 6) is -2.07. The van der Waals surface area contributed by atoms with Crippen molar-refractivity contribution in [1.29, 1.82) is 0 Å². The van der Waals surface area contributed by atoms with Gasteiger partial charge in [-0.25, -0.2) is 13.2 Å². The summed E-state index contributed by atoms with van der Waals surface area (Å²) in [4.78, 5) is 69.8. The van der Waals surface area contributed by atoms with Crippen molar-refractivity contribution in [1.82, 2.24) is 26.2 Å². The van der Waals surface area contributed by atoms with Crippen molar-refractivity contribution in [2.45, 2.75) is 134 Å². The minimum Gasteiger partial charge on any atom is -0.346 e. The molecule has 4 N–H and O–H groups in total. The standard InChI is InChI=1S/C36H57N5O7S/c1-7-18-37-31(44)28(42)24(20-22-14-15-22)38-30(43)27-26-23(35(26,5)6)21-41(27)32(45)29(34(2,3)4)39-33(46)40-36(16-10-8-11-17-36)25-13-9-12-19-49(25,47)48/h7,22-27,29H,1,8-21H2,2-6H3,(H,37,44)(H,38,43)(H2,39,40,46)/t23-,24-,25+,26-,27-,29+/m0/s1. The second-order valence-electron chi connectivity index (χ2n) is 17.0. The summed E-state index contributed by atoms with van der Waals surface area (Å²) < 4.78 is 26.5. The third-order valence-electron chi connectivity index (χ3n) is 12.0. The summed E-state index contributed by atoms with van der Waals surface area (Å²) in [6.07, 6.45) is 9.36. The van der Waals surface area contributed by atoms with Crippen LogP contribution in [0.1, 0.15) is 105 Å². The molecule has 3 saturated carbocycles. The van der Waals surface area contributed by atoms with E-state index in [2.05, 4.69) is 41.7 Å². The van der Waals surface area contributed by atoms with Crippen LogP contribution in [0.15, 0.2) is 12.7 Å². The quantitative estimate of drug-likeness (QED) is 0.179. The fourth-order valence-corrected chi connectivity index (χ4v) is 11.3. The Balaban J connectivity index is 1.35. The number of Topliss-reactive ketones (excluding diaryl/α,β-unsaturated/α-hetero) is 1. The zero-order chi connectivity index (χ0) is 35.9. The zero-order valence-corrected chi connectivity index (χ0v) is 30.8. The molecule has 49 heavy (non-hydrogen) atoms. The number of hydrogen-bond donors (Lipinski definition) is 4. The number of nitrogens with zero attached hydrogens (tertiary/aromatic N) is 1. The van der Waals surface area contributed by atoms with Gasteiger partial charge in [-0.15, -0.1) is 6.58 Å². The van der Waals surface area contributed by atoms with E-state index in [0.717, 1.165) is 38.5 Å². The predicted molar refractivity (Wildman–Crippen MR) is 186 cm³/mol. The van der Waals surface area contributed by atoms with E-state index in [9.17, 15) is 32.4 Å². The summed E-state index contributed by atoms with van der Waals surface area (Å²) in [7, 11) is -3.39. The lowest BCUT2D eigenvalue weighted by Gasteiger charge is -2.45. The summed E-state index contributed by atoms with van der Waals surface area (Å²) in [6, 6.07) is -3.47. The van der Waals surface area contributed by atoms with Gasteiger partial charge in [-0.2, -0.15) is 0 Å². The molecule has 0 aromatic carbocycles. The zero-order valence-electron chi connectivity index (χ0n) is 29.9. The molecule has 5 amide bonds. The second-order valence-corrected chi connectivity index (χ2v) is 19.3. The van der Waals surface area contributed by atoms with Gasteiger partial charge in [-0.3, -0.25) is 19.2 Å². The smallest absolute Gasteiger partial charge is 0.315 e. The van der Waals surface area contributed by atoms with E-state index in [1.165, 1.54) is 6.08 Å². The van der Waals surface area contributed by atoms with Gasteiger partial charge in [0.25, 0.3) is 5.91 Å².